The van der Waals surface area contributed by atoms with E-state index in [2.05, 4.69) is 21.4 Å². The molecular weight excluding hydrogens is 355 g/mol. The zero-order valence-electron chi connectivity index (χ0n) is 15.5. The minimum Gasteiger partial charge on any atom is -0.396 e. The summed E-state index contributed by atoms with van der Waals surface area (Å²) in [6.07, 6.45) is 0.951. The Hall–Kier alpha value is -1.86. The molecule has 2 heterocycles. The number of imidazole rings is 1. The molecule has 0 unspecified atom stereocenters. The number of aliphatic hydroxyl groups is 1. The summed E-state index contributed by atoms with van der Waals surface area (Å²) in [5.74, 6) is 0.997. The maximum absolute atomic E-state index is 13.3. The molecule has 0 amide bonds. The fourth-order valence-corrected chi connectivity index (χ4v) is 3.91. The second-order valence-electron chi connectivity index (χ2n) is 7.40. The van der Waals surface area contributed by atoms with Crippen molar-refractivity contribution in [2.24, 2.45) is 5.41 Å². The van der Waals surface area contributed by atoms with Gasteiger partial charge in [-0.1, -0.05) is 18.2 Å². The van der Waals surface area contributed by atoms with E-state index in [4.69, 9.17) is 0 Å². The fourth-order valence-electron chi connectivity index (χ4n) is 3.91. The van der Waals surface area contributed by atoms with Crippen molar-refractivity contribution in [3.63, 3.8) is 0 Å². The van der Waals surface area contributed by atoms with Crippen LogP contribution in [0.5, 0.6) is 0 Å². The average Bonchev–Trinajstić information content (AvgIpc) is 3.10. The van der Waals surface area contributed by atoms with E-state index in [-0.39, 0.29) is 18.6 Å². The molecule has 3 rings (SSSR count). The molecule has 0 spiro atoms. The molecule has 1 N–H and O–H groups in total. The van der Waals surface area contributed by atoms with E-state index in [1.54, 1.807) is 12.3 Å². The molecule has 148 valence electrons. The molecule has 0 saturated carbocycles. The SMILES string of the molecule is CCn1ccnc1CN1CCC(CO)(Cc2ccccc2C(F)(F)F)CC1. The van der Waals surface area contributed by atoms with Crippen LogP contribution in [0.4, 0.5) is 13.2 Å². The summed E-state index contributed by atoms with van der Waals surface area (Å²) in [6.45, 7) is 5.03. The molecule has 4 nitrogen and oxygen atoms in total. The first-order valence-corrected chi connectivity index (χ1v) is 9.35. The highest BCUT2D eigenvalue weighted by Crippen LogP contribution is 2.39. The number of hydrogen-bond donors (Lipinski definition) is 1. The Labute approximate surface area is 157 Å². The van der Waals surface area contributed by atoms with Crippen LogP contribution >= 0.6 is 0 Å². The van der Waals surface area contributed by atoms with Crippen molar-refractivity contribution >= 4 is 0 Å². The van der Waals surface area contributed by atoms with Gasteiger partial charge in [-0.15, -0.1) is 0 Å². The number of benzene rings is 1. The van der Waals surface area contributed by atoms with E-state index in [9.17, 15) is 18.3 Å². The molecule has 2 aromatic rings. The van der Waals surface area contributed by atoms with Gasteiger partial charge in [0.15, 0.2) is 0 Å². The number of rotatable bonds is 6. The van der Waals surface area contributed by atoms with Gasteiger partial charge in [0.25, 0.3) is 0 Å². The number of aryl methyl sites for hydroxylation is 1. The Morgan fingerprint density at radius 3 is 2.52 bits per heavy atom. The number of alkyl halides is 3. The zero-order chi connectivity index (χ0) is 19.5. The van der Waals surface area contributed by atoms with Gasteiger partial charge in [0.2, 0.25) is 0 Å². The minimum absolute atomic E-state index is 0.101. The third kappa shape index (κ3) is 4.52. The summed E-state index contributed by atoms with van der Waals surface area (Å²) in [4.78, 5) is 6.65. The molecular formula is C20H26F3N3O. The van der Waals surface area contributed by atoms with Crippen LogP contribution in [0.15, 0.2) is 36.7 Å². The molecule has 1 fully saturated rings. The molecule has 1 saturated heterocycles. The maximum Gasteiger partial charge on any atom is 0.416 e. The van der Waals surface area contributed by atoms with Crippen LogP contribution in [0, 0.1) is 5.41 Å². The number of hydrogen-bond acceptors (Lipinski definition) is 3. The molecule has 7 heteroatoms. The van der Waals surface area contributed by atoms with E-state index < -0.39 is 17.2 Å². The minimum atomic E-state index is -4.37. The van der Waals surface area contributed by atoms with Gasteiger partial charge in [-0.05, 0) is 56.3 Å². The Balaban J connectivity index is 1.68. The largest absolute Gasteiger partial charge is 0.416 e. The third-order valence-electron chi connectivity index (χ3n) is 5.65. The van der Waals surface area contributed by atoms with Crippen molar-refractivity contribution in [1.29, 1.82) is 0 Å². The number of nitrogens with zero attached hydrogens (tertiary/aromatic N) is 3. The van der Waals surface area contributed by atoms with Crippen LogP contribution in [-0.4, -0.2) is 39.3 Å². The molecule has 1 aliphatic rings. The number of halogens is 3. The number of aromatic nitrogens is 2. The number of piperidine rings is 1. The summed E-state index contributed by atoms with van der Waals surface area (Å²) >= 11 is 0. The summed E-state index contributed by atoms with van der Waals surface area (Å²) < 4.78 is 42.0. The first-order valence-electron chi connectivity index (χ1n) is 9.35. The third-order valence-corrected chi connectivity index (χ3v) is 5.65. The number of aliphatic hydroxyl groups excluding tert-OH is 1. The standard InChI is InChI=1S/C20H26F3N3O/c1-2-26-12-9-24-18(26)14-25-10-7-19(15-27,8-11-25)13-16-5-3-4-6-17(16)20(21,22)23/h3-6,9,12,27H,2,7-8,10-11,13-15H2,1H3. The van der Waals surface area contributed by atoms with Gasteiger partial charge in [0, 0.05) is 25.5 Å². The van der Waals surface area contributed by atoms with Crippen LogP contribution < -0.4 is 0 Å². The van der Waals surface area contributed by atoms with E-state index >= 15 is 0 Å². The number of likely N-dealkylation sites (tertiary alicyclic amines) is 1. The Morgan fingerprint density at radius 1 is 1.19 bits per heavy atom. The molecule has 0 radical (unpaired) electrons. The normalized spacial score (nSPS) is 18.0. The summed E-state index contributed by atoms with van der Waals surface area (Å²) in [6, 6.07) is 5.70. The van der Waals surface area contributed by atoms with Gasteiger partial charge in [-0.2, -0.15) is 13.2 Å². The van der Waals surface area contributed by atoms with Gasteiger partial charge >= 0.3 is 6.18 Å². The lowest BCUT2D eigenvalue weighted by Gasteiger charge is -2.41. The average molecular weight is 381 g/mol. The first kappa shape index (κ1) is 19.9. The summed E-state index contributed by atoms with van der Waals surface area (Å²) in [5, 5.41) is 10.0. The van der Waals surface area contributed by atoms with Crippen LogP contribution in [-0.2, 0) is 25.7 Å². The van der Waals surface area contributed by atoms with Crippen LogP contribution in [0.2, 0.25) is 0 Å². The van der Waals surface area contributed by atoms with E-state index in [1.807, 2.05) is 6.20 Å². The molecule has 0 atom stereocenters. The molecule has 0 aliphatic carbocycles. The lowest BCUT2D eigenvalue weighted by Crippen LogP contribution is -2.43. The summed E-state index contributed by atoms with van der Waals surface area (Å²) in [5.41, 5.74) is -0.822. The molecule has 27 heavy (non-hydrogen) atoms. The predicted octanol–water partition coefficient (Wildman–Crippen LogP) is 3.74. The van der Waals surface area contributed by atoms with Crippen LogP contribution in [0.3, 0.4) is 0 Å². The quantitative estimate of drug-likeness (QED) is 0.829. The first-order chi connectivity index (χ1) is 12.9. The predicted molar refractivity (Wildman–Crippen MR) is 97.1 cm³/mol. The van der Waals surface area contributed by atoms with E-state index in [0.717, 1.165) is 38.1 Å². The van der Waals surface area contributed by atoms with Crippen molar-refractivity contribution in [2.75, 3.05) is 19.7 Å². The highest BCUT2D eigenvalue weighted by atomic mass is 19.4. The lowest BCUT2D eigenvalue weighted by molar-refractivity contribution is -0.138. The monoisotopic (exact) mass is 381 g/mol. The van der Waals surface area contributed by atoms with Crippen molar-refractivity contribution in [3.05, 3.63) is 53.6 Å². The fraction of sp³-hybridized carbons (Fsp3) is 0.550. The smallest absolute Gasteiger partial charge is 0.396 e. The zero-order valence-corrected chi connectivity index (χ0v) is 15.5. The molecule has 0 bridgehead atoms. The van der Waals surface area contributed by atoms with Gasteiger partial charge in [-0.25, -0.2) is 4.98 Å². The molecule has 1 aliphatic heterocycles. The van der Waals surface area contributed by atoms with Crippen molar-refractivity contribution in [3.8, 4) is 0 Å². The highest BCUT2D eigenvalue weighted by Gasteiger charge is 2.38. The van der Waals surface area contributed by atoms with Crippen molar-refractivity contribution in [2.45, 2.75) is 45.5 Å². The topological polar surface area (TPSA) is 41.3 Å². The summed E-state index contributed by atoms with van der Waals surface area (Å²) in [7, 11) is 0. The second kappa shape index (κ2) is 8.02. The van der Waals surface area contributed by atoms with Crippen molar-refractivity contribution < 1.29 is 18.3 Å². The van der Waals surface area contributed by atoms with Crippen LogP contribution in [0.25, 0.3) is 0 Å². The van der Waals surface area contributed by atoms with E-state index in [0.29, 0.717) is 12.8 Å². The highest BCUT2D eigenvalue weighted by molar-refractivity contribution is 5.31. The Bertz CT molecular complexity index is 749. The van der Waals surface area contributed by atoms with E-state index in [1.165, 1.54) is 12.1 Å². The van der Waals surface area contributed by atoms with Gasteiger partial charge in [-0.3, -0.25) is 4.90 Å². The Kier molecular flexibility index (Phi) is 5.91. The van der Waals surface area contributed by atoms with Crippen LogP contribution in [0.1, 0.15) is 36.7 Å². The lowest BCUT2D eigenvalue weighted by atomic mass is 9.73. The molecule has 1 aromatic heterocycles. The second-order valence-corrected chi connectivity index (χ2v) is 7.40. The Morgan fingerprint density at radius 2 is 1.89 bits per heavy atom. The molecule has 1 aromatic carbocycles. The van der Waals surface area contributed by atoms with Crippen molar-refractivity contribution in [1.82, 2.24) is 14.5 Å². The van der Waals surface area contributed by atoms with Gasteiger partial charge in [0.1, 0.15) is 5.82 Å². The maximum atomic E-state index is 13.3. The van der Waals surface area contributed by atoms with Gasteiger partial charge < -0.3 is 9.67 Å². The van der Waals surface area contributed by atoms with Gasteiger partial charge in [0.05, 0.1) is 12.1 Å².